The number of allylic oxidation sites excluding steroid dienone is 2. The number of nitrogens with one attached hydrogen (secondary N) is 2. The average Bonchev–Trinajstić information content (AvgIpc) is 3.87. The first-order chi connectivity index (χ1) is 24.6. The molecule has 0 unspecified atom stereocenters. The molecule has 252 valence electrons. The van der Waals surface area contributed by atoms with Crippen LogP contribution in [0.2, 0.25) is 0 Å². The Bertz CT molecular complexity index is 2090. The van der Waals surface area contributed by atoms with E-state index in [0.29, 0.717) is 23.9 Å². The summed E-state index contributed by atoms with van der Waals surface area (Å²) in [6.07, 6.45) is 21.8. The van der Waals surface area contributed by atoms with Crippen molar-refractivity contribution in [3.05, 3.63) is 95.9 Å². The summed E-state index contributed by atoms with van der Waals surface area (Å²) < 4.78 is 11.2. The maximum atomic E-state index is 5.63. The highest BCUT2D eigenvalue weighted by Gasteiger charge is 2.33. The lowest BCUT2D eigenvalue weighted by atomic mass is 9.71. The van der Waals surface area contributed by atoms with Gasteiger partial charge in [-0.1, -0.05) is 38.3 Å². The third-order valence-electron chi connectivity index (χ3n) is 10.3. The number of benzene rings is 2. The number of nitrogens with zero attached hydrogens (tertiary/aromatic N) is 8. The van der Waals surface area contributed by atoms with Crippen LogP contribution in [0, 0.1) is 0 Å². The minimum Gasteiger partial charge on any atom is -0.432 e. The summed E-state index contributed by atoms with van der Waals surface area (Å²) in [5, 5.41) is 6.83. The number of aliphatic imine (C=N–C) groups is 4. The zero-order valence-electron chi connectivity index (χ0n) is 28.0. The number of anilines is 5. The van der Waals surface area contributed by atoms with Crippen LogP contribution in [0.5, 0.6) is 0 Å². The molecule has 2 aromatic carbocycles. The number of hydrogen-bond donors (Lipinski definition) is 2. The highest BCUT2D eigenvalue weighted by molar-refractivity contribution is 6.24. The van der Waals surface area contributed by atoms with Crippen molar-refractivity contribution in [2.45, 2.75) is 63.7 Å². The van der Waals surface area contributed by atoms with E-state index >= 15 is 0 Å². The van der Waals surface area contributed by atoms with Crippen molar-refractivity contribution in [3.8, 4) is 0 Å². The van der Waals surface area contributed by atoms with E-state index in [0.717, 1.165) is 58.4 Å². The van der Waals surface area contributed by atoms with Gasteiger partial charge >= 0.3 is 0 Å². The van der Waals surface area contributed by atoms with E-state index in [2.05, 4.69) is 91.0 Å². The number of rotatable bonds is 8. The van der Waals surface area contributed by atoms with Crippen molar-refractivity contribution < 1.29 is 8.83 Å². The van der Waals surface area contributed by atoms with Crippen LogP contribution in [0.15, 0.2) is 108 Å². The Morgan fingerprint density at radius 1 is 0.740 bits per heavy atom. The highest BCUT2D eigenvalue weighted by atomic mass is 16.4. The molecule has 2 N–H and O–H groups in total. The molecule has 0 atom stereocenters. The maximum absolute atomic E-state index is 5.63. The van der Waals surface area contributed by atoms with Gasteiger partial charge in [-0.3, -0.25) is 0 Å². The van der Waals surface area contributed by atoms with E-state index in [-0.39, 0.29) is 5.41 Å². The Balaban J connectivity index is 1.12. The number of oxazole rings is 2. The van der Waals surface area contributed by atoms with Gasteiger partial charge in [-0.05, 0) is 79.5 Å². The lowest BCUT2D eigenvalue weighted by Gasteiger charge is -2.35. The van der Waals surface area contributed by atoms with Gasteiger partial charge in [0.2, 0.25) is 11.9 Å². The Kier molecular flexibility index (Phi) is 7.63. The van der Waals surface area contributed by atoms with Crippen molar-refractivity contribution in [2.24, 2.45) is 20.0 Å². The largest absolute Gasteiger partial charge is 0.432 e. The topological polar surface area (TPSA) is 132 Å². The first-order valence-corrected chi connectivity index (χ1v) is 17.5. The monoisotopic (exact) mass is 666 g/mol. The van der Waals surface area contributed by atoms with Gasteiger partial charge in [-0.25, -0.2) is 34.8 Å². The Labute approximate surface area is 290 Å². The van der Waals surface area contributed by atoms with Crippen molar-refractivity contribution in [2.75, 3.05) is 28.6 Å². The molecule has 2 fully saturated rings. The lowest BCUT2D eigenvalue weighted by Crippen LogP contribution is -2.40. The Morgan fingerprint density at radius 3 is 2.20 bits per heavy atom. The predicted octanol–water partition coefficient (Wildman–Crippen LogP) is 8.16. The van der Waals surface area contributed by atoms with Crippen LogP contribution < -0.4 is 15.5 Å². The van der Waals surface area contributed by atoms with Gasteiger partial charge < -0.3 is 24.4 Å². The first-order valence-electron chi connectivity index (χ1n) is 17.5. The summed E-state index contributed by atoms with van der Waals surface area (Å²) in [5.74, 6) is 1.01. The van der Waals surface area contributed by atoms with Gasteiger partial charge in [0.05, 0.1) is 40.9 Å². The quantitative estimate of drug-likeness (QED) is 0.193. The number of guanidine groups is 2. The molecular formula is C38H38N10O2. The van der Waals surface area contributed by atoms with Gasteiger partial charge in [0, 0.05) is 29.9 Å². The molecule has 0 spiro atoms. The molecular weight excluding hydrogens is 628 g/mol. The normalized spacial score (nSPS) is 19.5. The van der Waals surface area contributed by atoms with Gasteiger partial charge in [-0.15, -0.1) is 0 Å². The summed E-state index contributed by atoms with van der Waals surface area (Å²) in [4.78, 5) is 32.2. The summed E-state index contributed by atoms with van der Waals surface area (Å²) in [6, 6.07) is 13.9. The van der Waals surface area contributed by atoms with Crippen molar-refractivity contribution in [3.63, 3.8) is 0 Å². The fourth-order valence-corrected chi connectivity index (χ4v) is 7.61. The second-order valence-electron chi connectivity index (χ2n) is 13.6. The number of piperidine rings is 1. The van der Waals surface area contributed by atoms with Crippen LogP contribution in [0.4, 0.5) is 29.1 Å². The Hall–Kier alpha value is -5.78. The van der Waals surface area contributed by atoms with E-state index in [9.17, 15) is 0 Å². The number of aromatic nitrogens is 2. The molecule has 0 amide bonds. The first kappa shape index (κ1) is 30.3. The standard InChI is InChI=1S/C38H38N10O2/c1-38(12-4-2-5-13-38)25-8-10-28(30(20-25)45-36-39-14-18-49-36)31-22-27-23-32(44-35-42-24-41-34(43-31)48(27)35)29-11-9-26(47-16-6-3-7-17-47)21-33(29)46-37-40-15-19-50-37/h8-11,14-15,18-24H,2-7,12-13,16-17H2,1H3,(H,39,45)(H,40,46). The van der Waals surface area contributed by atoms with Crippen LogP contribution >= 0.6 is 0 Å². The molecule has 4 aromatic rings. The molecule has 6 heterocycles. The van der Waals surface area contributed by atoms with Crippen LogP contribution in [-0.4, -0.2) is 51.9 Å². The van der Waals surface area contributed by atoms with E-state index in [1.165, 1.54) is 63.3 Å². The lowest BCUT2D eigenvalue weighted by molar-refractivity contribution is 0.319. The molecule has 12 nitrogen and oxygen atoms in total. The average molecular weight is 667 g/mol. The van der Waals surface area contributed by atoms with Crippen molar-refractivity contribution in [1.29, 1.82) is 0 Å². The molecule has 5 aliphatic rings. The third kappa shape index (κ3) is 5.70. The smallest absolute Gasteiger partial charge is 0.299 e. The Morgan fingerprint density at radius 2 is 1.46 bits per heavy atom. The second-order valence-corrected chi connectivity index (χ2v) is 13.6. The minimum atomic E-state index is 0.115. The predicted molar refractivity (Wildman–Crippen MR) is 197 cm³/mol. The third-order valence-corrected chi connectivity index (χ3v) is 10.3. The molecule has 2 aromatic heterocycles. The van der Waals surface area contributed by atoms with Crippen molar-refractivity contribution >= 4 is 58.8 Å². The van der Waals surface area contributed by atoms with E-state index in [1.807, 2.05) is 4.90 Å². The van der Waals surface area contributed by atoms with E-state index in [1.54, 1.807) is 24.9 Å². The zero-order chi connectivity index (χ0) is 33.5. The fourth-order valence-electron chi connectivity index (χ4n) is 7.61. The molecule has 4 aliphatic heterocycles. The molecule has 0 radical (unpaired) electrons. The molecule has 9 rings (SSSR count). The molecule has 1 saturated heterocycles. The molecule has 12 heteroatoms. The number of hydrogen-bond acceptors (Lipinski definition) is 12. The molecule has 0 bridgehead atoms. The fraction of sp³-hybridized carbons (Fsp3) is 0.316. The molecule has 1 saturated carbocycles. The van der Waals surface area contributed by atoms with Gasteiger partial charge in [0.25, 0.3) is 12.0 Å². The van der Waals surface area contributed by atoms with Crippen LogP contribution in [0.1, 0.15) is 75.0 Å². The minimum absolute atomic E-state index is 0.115. The van der Waals surface area contributed by atoms with Gasteiger partial charge in [0.1, 0.15) is 18.9 Å². The second kappa shape index (κ2) is 12.6. The van der Waals surface area contributed by atoms with Crippen LogP contribution in [0.25, 0.3) is 5.70 Å². The van der Waals surface area contributed by atoms with Gasteiger partial charge in [0.15, 0.2) is 0 Å². The van der Waals surface area contributed by atoms with Gasteiger partial charge in [-0.2, -0.15) is 0 Å². The molecule has 1 aliphatic carbocycles. The summed E-state index contributed by atoms with van der Waals surface area (Å²) in [5.41, 5.74) is 8.49. The van der Waals surface area contributed by atoms with E-state index in [4.69, 9.17) is 18.8 Å². The summed E-state index contributed by atoms with van der Waals surface area (Å²) in [6.45, 7) is 4.46. The summed E-state index contributed by atoms with van der Waals surface area (Å²) >= 11 is 0. The molecule has 50 heavy (non-hydrogen) atoms. The zero-order valence-corrected chi connectivity index (χ0v) is 28.0. The highest BCUT2D eigenvalue weighted by Crippen LogP contribution is 2.42. The van der Waals surface area contributed by atoms with E-state index < -0.39 is 0 Å². The van der Waals surface area contributed by atoms with Crippen LogP contribution in [-0.2, 0) is 5.41 Å². The SMILES string of the molecule is CC1(c2ccc(C3=NC4=NC=NC5=NC(c6ccc(N7CCCCC7)cc6Nc6ncco6)=CC(=C3)N45)c(Nc3ncco3)c2)CCCCC1. The van der Waals surface area contributed by atoms with Crippen molar-refractivity contribution in [1.82, 2.24) is 14.9 Å². The maximum Gasteiger partial charge on any atom is 0.299 e. The summed E-state index contributed by atoms with van der Waals surface area (Å²) in [7, 11) is 0. The van der Waals surface area contributed by atoms with Crippen LogP contribution in [0.3, 0.4) is 0 Å².